The number of nitrogens with zero attached hydrogens (tertiary/aromatic N) is 6. The largest absolute Gasteiger partial charge is 0.516 e. The van der Waals surface area contributed by atoms with Crippen molar-refractivity contribution in [2.24, 2.45) is 0 Å². The molecule has 1 aromatic heterocycles. The lowest BCUT2D eigenvalue weighted by Gasteiger charge is -2.28. The minimum absolute atomic E-state index is 0.0256. The third-order valence-electron chi connectivity index (χ3n) is 7.15. The highest BCUT2D eigenvalue weighted by Crippen LogP contribution is 2.28. The van der Waals surface area contributed by atoms with Gasteiger partial charge in [-0.2, -0.15) is 0 Å². The van der Waals surface area contributed by atoms with E-state index < -0.39 is 76.5 Å². The zero-order valence-corrected chi connectivity index (χ0v) is 31.1. The molecule has 2 aromatic rings. The first-order valence-electron chi connectivity index (χ1n) is 16.1. The highest BCUT2D eigenvalue weighted by molar-refractivity contribution is 6.35. The zero-order chi connectivity index (χ0) is 41.4. The summed E-state index contributed by atoms with van der Waals surface area (Å²) in [7, 11) is 9.87. The smallest absolute Gasteiger partial charge is 0.501 e. The summed E-state index contributed by atoms with van der Waals surface area (Å²) >= 11 is 0. The van der Waals surface area contributed by atoms with Crippen LogP contribution in [0.15, 0.2) is 29.1 Å². The van der Waals surface area contributed by atoms with E-state index in [1.807, 2.05) is 0 Å². The van der Waals surface area contributed by atoms with Crippen LogP contribution in [-0.4, -0.2) is 143 Å². The molecule has 1 aliphatic heterocycles. The van der Waals surface area contributed by atoms with Gasteiger partial charge < -0.3 is 44.6 Å². The molecule has 0 radical (unpaired) electrons. The Bertz CT molecular complexity index is 1780. The van der Waals surface area contributed by atoms with E-state index in [-0.39, 0.29) is 25.5 Å². The van der Waals surface area contributed by atoms with Crippen molar-refractivity contribution in [2.75, 3.05) is 55.9 Å². The summed E-state index contributed by atoms with van der Waals surface area (Å²) in [5.74, 6) is -7.86. The number of amides is 5. The van der Waals surface area contributed by atoms with Crippen molar-refractivity contribution in [3.05, 3.63) is 57.5 Å². The van der Waals surface area contributed by atoms with Gasteiger partial charge in [0.15, 0.2) is 5.69 Å². The molecule has 0 fully saturated rings. The van der Waals surface area contributed by atoms with Gasteiger partial charge >= 0.3 is 41.7 Å². The molecule has 1 atom stereocenters. The number of aromatic hydroxyl groups is 1. The second-order valence-electron chi connectivity index (χ2n) is 11.8. The number of rotatable bonds is 5. The number of benzene rings is 1. The molecule has 20 nitrogen and oxygen atoms in total. The quantitative estimate of drug-likeness (QED) is 0.201. The van der Waals surface area contributed by atoms with E-state index >= 15 is 0 Å². The number of likely N-dealkylation sites (N-methyl/N-ethyl adjacent to an activating group) is 4. The van der Waals surface area contributed by atoms with Crippen LogP contribution >= 0.6 is 0 Å². The number of esters is 1. The molecule has 1 aromatic carbocycles. The molecule has 1 aliphatic rings. The van der Waals surface area contributed by atoms with Crippen LogP contribution in [0.5, 0.6) is 5.75 Å². The molecule has 21 heteroatoms. The molecule has 2 heterocycles. The number of aliphatic carboxylic acids is 1. The van der Waals surface area contributed by atoms with Crippen molar-refractivity contribution in [1.82, 2.24) is 34.5 Å². The molecule has 0 bridgehead atoms. The second-order valence-corrected chi connectivity index (χ2v) is 11.8. The summed E-state index contributed by atoms with van der Waals surface area (Å²) in [6, 6.07) is 4.75. The number of nitrogens with one attached hydrogen (secondary N) is 1. The number of ether oxygens (including phenoxy) is 2. The Labute approximate surface area is 309 Å². The van der Waals surface area contributed by atoms with Gasteiger partial charge in [-0.1, -0.05) is 12.1 Å². The molecule has 0 saturated carbocycles. The van der Waals surface area contributed by atoms with Crippen LogP contribution in [0.2, 0.25) is 0 Å². The van der Waals surface area contributed by atoms with Gasteiger partial charge in [-0.25, -0.2) is 23.8 Å². The van der Waals surface area contributed by atoms with Gasteiger partial charge in [0.2, 0.25) is 5.75 Å². The number of hydrogen-bond acceptors (Lipinski definition) is 13. The molecule has 5 amide bonds. The summed E-state index contributed by atoms with van der Waals surface area (Å²) in [6.07, 6.45) is 0.512. The Morgan fingerprint density at radius 2 is 1.43 bits per heavy atom. The third kappa shape index (κ3) is 13.3. The monoisotopic (exact) mass is 765 g/mol. The highest BCUT2D eigenvalue weighted by Gasteiger charge is 2.34. The van der Waals surface area contributed by atoms with Crippen LogP contribution in [-0.2, 0) is 51.3 Å². The first-order chi connectivity index (χ1) is 25.2. The number of halogens is 1. The first-order valence-corrected chi connectivity index (χ1v) is 16.1. The van der Waals surface area contributed by atoms with E-state index in [1.54, 1.807) is 6.92 Å². The fourth-order valence-electron chi connectivity index (χ4n) is 4.29. The van der Waals surface area contributed by atoms with Gasteiger partial charge in [0, 0.05) is 62.4 Å². The number of carbonyl (C=O) groups is 8. The molecule has 0 aliphatic carbocycles. The number of hydrogen-bond donors (Lipinski definition) is 3. The second kappa shape index (κ2) is 21.2. The van der Waals surface area contributed by atoms with E-state index in [1.165, 1.54) is 83.1 Å². The van der Waals surface area contributed by atoms with E-state index in [0.29, 0.717) is 24.8 Å². The SMILES string of the molecule is CCOC(=O)OC(=O)C(=O)N(C)C.CN(C)C(=O)C(=O)N(C)C1CCCCn2c1nc(C(=O)NCc1ccc(F)cc1)c(O)c2=O.CN(C)C(=O)C(=O)O. The third-order valence-corrected chi connectivity index (χ3v) is 7.15. The average Bonchev–Trinajstić information content (AvgIpc) is 3.34. The van der Waals surface area contributed by atoms with Crippen LogP contribution in [0.25, 0.3) is 0 Å². The number of aromatic nitrogens is 2. The Kier molecular flexibility index (Phi) is 17.9. The maximum atomic E-state index is 13.1. The normalized spacial score (nSPS) is 12.6. The molecule has 3 N–H and O–H groups in total. The van der Waals surface area contributed by atoms with Gasteiger partial charge in [0.05, 0.1) is 12.6 Å². The summed E-state index contributed by atoms with van der Waals surface area (Å²) in [6.45, 7) is 1.92. The van der Waals surface area contributed by atoms with Crippen molar-refractivity contribution < 1.29 is 62.4 Å². The number of carboxylic acid groups (broad SMARTS) is 1. The van der Waals surface area contributed by atoms with Crippen LogP contribution in [0.4, 0.5) is 9.18 Å². The molecular weight excluding hydrogens is 721 g/mol. The predicted octanol–water partition coefficient (Wildman–Crippen LogP) is -0.277. The molecule has 296 valence electrons. The minimum atomic E-state index is -1.42. The topological polar surface area (TPSA) is 255 Å². The lowest BCUT2D eigenvalue weighted by atomic mass is 10.1. The van der Waals surface area contributed by atoms with Crippen LogP contribution in [0.3, 0.4) is 0 Å². The Morgan fingerprint density at radius 3 is 1.91 bits per heavy atom. The molecule has 3 rings (SSSR count). The van der Waals surface area contributed by atoms with Gasteiger partial charge in [0.25, 0.3) is 11.5 Å². The lowest BCUT2D eigenvalue weighted by molar-refractivity contribution is -0.156. The van der Waals surface area contributed by atoms with Gasteiger partial charge in [-0.15, -0.1) is 0 Å². The Hall–Kier alpha value is -6.41. The number of carboxylic acids is 1. The van der Waals surface area contributed by atoms with Gasteiger partial charge in [0.1, 0.15) is 11.6 Å². The fourth-order valence-corrected chi connectivity index (χ4v) is 4.29. The van der Waals surface area contributed by atoms with Crippen molar-refractivity contribution >= 4 is 47.6 Å². The maximum Gasteiger partial charge on any atom is 0.516 e. The standard InChI is InChI=1S/C22H26FN5O5.C7H11NO5.C4H7NO3/c1-26(2)21(32)22(33)27(3)15-6-4-5-11-28-18(15)25-16(17(29)20(28)31)19(30)24-12-13-7-9-14(23)10-8-13;1-4-12-7(11)13-6(10)5(9)8(2)3;1-5(2)3(6)4(7)8/h7-10,15,29H,4-6,11-12H2,1-3H3,(H,24,30);4H2,1-3H3;1-2H3,(H,7,8). The summed E-state index contributed by atoms with van der Waals surface area (Å²) < 4.78 is 22.6. The van der Waals surface area contributed by atoms with Crippen molar-refractivity contribution in [3.63, 3.8) is 0 Å². The van der Waals surface area contributed by atoms with Gasteiger partial charge in [-0.3, -0.25) is 33.3 Å². The van der Waals surface area contributed by atoms with Crippen LogP contribution in [0.1, 0.15) is 54.1 Å². The number of fused-ring (bicyclic) bond motifs is 1. The van der Waals surface area contributed by atoms with E-state index in [0.717, 1.165) is 14.7 Å². The summed E-state index contributed by atoms with van der Waals surface area (Å²) in [5, 5.41) is 20.9. The summed E-state index contributed by atoms with van der Waals surface area (Å²) in [4.78, 5) is 111. The number of carbonyl (C=O) groups excluding carboxylic acids is 7. The minimum Gasteiger partial charge on any atom is -0.501 e. The molecule has 1 unspecified atom stereocenters. The molecule has 0 saturated heterocycles. The predicted molar refractivity (Wildman–Crippen MR) is 184 cm³/mol. The Morgan fingerprint density at radius 1 is 0.870 bits per heavy atom. The van der Waals surface area contributed by atoms with Crippen LogP contribution in [0, 0.1) is 5.82 Å². The molecular formula is C33H44FN7O13. The lowest BCUT2D eigenvalue weighted by Crippen LogP contribution is -2.43. The van der Waals surface area contributed by atoms with Gasteiger partial charge in [-0.05, 0) is 43.9 Å². The van der Waals surface area contributed by atoms with E-state index in [4.69, 9.17) is 5.11 Å². The van der Waals surface area contributed by atoms with E-state index in [9.17, 15) is 52.6 Å². The zero-order valence-electron chi connectivity index (χ0n) is 31.1. The van der Waals surface area contributed by atoms with Crippen LogP contribution < -0.4 is 10.9 Å². The van der Waals surface area contributed by atoms with Crippen molar-refractivity contribution in [3.8, 4) is 5.75 Å². The summed E-state index contributed by atoms with van der Waals surface area (Å²) in [5.41, 5.74) is -0.653. The highest BCUT2D eigenvalue weighted by atomic mass is 19.1. The first kappa shape index (κ1) is 45.6. The Balaban J connectivity index is 0.000000570. The fraction of sp³-hybridized carbons (Fsp3) is 0.455. The maximum absolute atomic E-state index is 13.1. The average molecular weight is 766 g/mol. The van der Waals surface area contributed by atoms with E-state index in [2.05, 4.69) is 19.8 Å². The van der Waals surface area contributed by atoms with Crippen molar-refractivity contribution in [1.29, 1.82) is 0 Å². The molecule has 54 heavy (non-hydrogen) atoms. The molecule has 0 spiro atoms. The van der Waals surface area contributed by atoms with Crippen molar-refractivity contribution in [2.45, 2.75) is 45.3 Å².